The van der Waals surface area contributed by atoms with Crippen LogP contribution in [0.5, 0.6) is 0 Å². The molecule has 4 N–H and O–H groups in total. The molecule has 8 unspecified atom stereocenters. The molecule has 53 heavy (non-hydrogen) atoms. The number of hydrogen-bond acceptors (Lipinski definition) is 21. The van der Waals surface area contributed by atoms with Gasteiger partial charge in [0, 0.05) is 12.4 Å². The zero-order valence-electron chi connectivity index (χ0n) is 28.4. The zero-order chi connectivity index (χ0) is 37.9. The fourth-order valence-corrected chi connectivity index (χ4v) is 21.5. The van der Waals surface area contributed by atoms with E-state index in [1.54, 1.807) is 27.7 Å². The summed E-state index contributed by atoms with van der Waals surface area (Å²) in [5.74, 6) is -4.37. The molecular weight excluding hydrogens is 792 g/mol. The lowest BCUT2D eigenvalue weighted by Crippen LogP contribution is -2.35. The van der Waals surface area contributed by atoms with Crippen LogP contribution in [0.3, 0.4) is 0 Å². The summed E-state index contributed by atoms with van der Waals surface area (Å²) < 4.78 is 121. The molecular formula is C26H36N6O17P4. The highest BCUT2D eigenvalue weighted by molar-refractivity contribution is 7.91. The van der Waals surface area contributed by atoms with Gasteiger partial charge in [-0.2, -0.15) is 9.97 Å². The second kappa shape index (κ2) is 12.7. The maximum Gasteiger partial charge on any atom is 0.357 e. The third-order valence-corrected chi connectivity index (χ3v) is 21.4. The largest absolute Gasteiger partial charge is 0.383 e. The number of hydrogen-bond donors (Lipinski definition) is 2. The zero-order valence-corrected chi connectivity index (χ0v) is 32.0. The minimum atomic E-state index is -4.71. The maximum absolute atomic E-state index is 13.9. The molecule has 0 aromatic carbocycles. The van der Waals surface area contributed by atoms with Crippen molar-refractivity contribution in [1.29, 1.82) is 0 Å². The number of nitrogens with two attached hydrogens (primary N) is 2. The SMILES string of the molecule is CC1(C)OC2C(O1)[C@@H](COP1(=O)CP3(=O)OP(=O)(OC[C@H]4O[C@@H](n5ccc(N)nc5=O)C5OC(C)(C)OC54)CP(=O)(O1)O3)O[C@H]2n1ccc(N)nc1=O. The van der Waals surface area contributed by atoms with Crippen LogP contribution in [0.15, 0.2) is 34.1 Å². The lowest BCUT2D eigenvalue weighted by atomic mass is 10.1. The number of fused-ring (bicyclic) bond motifs is 4. The van der Waals surface area contributed by atoms with Crippen LogP contribution in [0.25, 0.3) is 0 Å². The number of nitrogen functional groups attached to an aromatic ring is 2. The molecule has 6 aliphatic heterocycles. The molecule has 8 heterocycles. The minimum absolute atomic E-state index is 0.00685. The van der Waals surface area contributed by atoms with Gasteiger partial charge in [-0.05, 0) is 39.8 Å². The summed E-state index contributed by atoms with van der Waals surface area (Å²) in [6.45, 7) is 5.52. The molecule has 6 saturated heterocycles. The molecule has 2 aromatic heterocycles. The molecule has 2 bridgehead atoms. The van der Waals surface area contributed by atoms with Gasteiger partial charge in [-0.3, -0.25) is 27.4 Å². The first kappa shape index (κ1) is 37.7. The third kappa shape index (κ3) is 7.20. The third-order valence-electron chi connectivity index (χ3n) is 8.81. The normalized spacial score (nSPS) is 43.8. The van der Waals surface area contributed by atoms with E-state index in [2.05, 4.69) is 9.97 Å². The molecule has 292 valence electrons. The van der Waals surface area contributed by atoms with Crippen molar-refractivity contribution in [3.05, 3.63) is 45.5 Å². The van der Waals surface area contributed by atoms with E-state index < -0.39 is 127 Å². The molecule has 0 amide bonds. The first-order valence-electron chi connectivity index (χ1n) is 16.2. The van der Waals surface area contributed by atoms with Gasteiger partial charge in [0.05, 0.1) is 13.2 Å². The Morgan fingerprint density at radius 3 is 1.43 bits per heavy atom. The Morgan fingerprint density at radius 2 is 1.06 bits per heavy atom. The van der Waals surface area contributed by atoms with Crippen molar-refractivity contribution < 1.29 is 68.7 Å². The Morgan fingerprint density at radius 1 is 0.679 bits per heavy atom. The summed E-state index contributed by atoms with van der Waals surface area (Å²) in [4.78, 5) is 32.6. The van der Waals surface area contributed by atoms with Crippen LogP contribution in [0, 0.1) is 0 Å². The van der Waals surface area contributed by atoms with Gasteiger partial charge in [-0.15, -0.1) is 0 Å². The summed E-state index contributed by atoms with van der Waals surface area (Å²) in [5, 5.41) is 0. The van der Waals surface area contributed by atoms with Crippen molar-refractivity contribution in [2.75, 3.05) is 36.5 Å². The van der Waals surface area contributed by atoms with Gasteiger partial charge >= 0.3 is 41.8 Å². The van der Waals surface area contributed by atoms with Crippen LogP contribution in [0.4, 0.5) is 11.6 Å². The average molecular weight is 828 g/mol. The van der Waals surface area contributed by atoms with E-state index in [1.807, 2.05) is 0 Å². The summed E-state index contributed by atoms with van der Waals surface area (Å²) in [6, 6.07) is 2.78. The van der Waals surface area contributed by atoms with Gasteiger partial charge in [-0.1, -0.05) is 0 Å². The highest BCUT2D eigenvalue weighted by Crippen LogP contribution is 2.91. The van der Waals surface area contributed by atoms with E-state index in [1.165, 1.54) is 24.5 Å². The van der Waals surface area contributed by atoms with E-state index in [0.29, 0.717) is 0 Å². The molecule has 8 rings (SSSR count). The van der Waals surface area contributed by atoms with Crippen LogP contribution in [-0.2, 0) is 68.7 Å². The summed E-state index contributed by atoms with van der Waals surface area (Å²) in [6.07, 6.45) is -4.82. The van der Waals surface area contributed by atoms with Gasteiger partial charge < -0.3 is 48.9 Å². The highest BCUT2D eigenvalue weighted by atomic mass is 31.3. The molecule has 0 saturated carbocycles. The van der Waals surface area contributed by atoms with Gasteiger partial charge in [0.2, 0.25) is 0 Å². The van der Waals surface area contributed by atoms with Gasteiger partial charge in [0.15, 0.2) is 35.8 Å². The van der Waals surface area contributed by atoms with Gasteiger partial charge in [0.25, 0.3) is 0 Å². The number of ether oxygens (including phenoxy) is 6. The van der Waals surface area contributed by atoms with E-state index in [9.17, 15) is 27.8 Å². The minimum Gasteiger partial charge on any atom is -0.383 e. The molecule has 0 radical (unpaired) electrons. The van der Waals surface area contributed by atoms with Crippen LogP contribution < -0.4 is 22.8 Å². The fraction of sp³-hybridized carbons (Fsp3) is 0.692. The molecule has 12 atom stereocenters. The number of rotatable bonds is 8. The lowest BCUT2D eigenvalue weighted by molar-refractivity contribution is -0.200. The predicted molar refractivity (Wildman–Crippen MR) is 177 cm³/mol. The fourth-order valence-electron chi connectivity index (χ4n) is 6.95. The van der Waals surface area contributed by atoms with Crippen molar-refractivity contribution >= 4 is 42.0 Å². The smallest absolute Gasteiger partial charge is 0.357 e. The first-order chi connectivity index (χ1) is 24.6. The Kier molecular flexibility index (Phi) is 9.03. The molecule has 27 heteroatoms. The van der Waals surface area contributed by atoms with Crippen LogP contribution in [0.1, 0.15) is 40.2 Å². The predicted octanol–water partition coefficient (Wildman–Crippen LogP) is 2.30. The highest BCUT2D eigenvalue weighted by Gasteiger charge is 2.65. The van der Waals surface area contributed by atoms with Crippen molar-refractivity contribution in [3.63, 3.8) is 0 Å². The molecule has 6 aliphatic rings. The standard InChI is InChI=1S/C26H36N6O17P4/c1-25(2)43-17-13(41-21(19(17)45-25)31-7-5-15(27)29-23(31)33)9-39-50(35)11-52(37)48-51(36,12-53(38,47-50)49-52)40-10-14-18-20(46-26(3,4)44-18)22(42-14)32-8-6-16(28)30-24(32)34/h5-8,13-14,17-22H,9-12H2,1-4H3,(H2,27,29,33)(H2,28,30,34)/t13-,14-,17?,18?,19?,20?,21-,22-,50?,51?,52?,53?/m1/s1. The van der Waals surface area contributed by atoms with E-state index in [-0.39, 0.29) is 11.6 Å². The summed E-state index contributed by atoms with van der Waals surface area (Å²) in [7, 11) is -18.5. The van der Waals surface area contributed by atoms with Crippen molar-refractivity contribution in [1.82, 2.24) is 19.1 Å². The maximum atomic E-state index is 13.9. The van der Waals surface area contributed by atoms with Gasteiger partial charge in [-0.25, -0.2) is 22.5 Å². The second-order valence-electron chi connectivity index (χ2n) is 13.9. The molecule has 23 nitrogen and oxygen atoms in total. The Balaban J connectivity index is 0.950. The van der Waals surface area contributed by atoms with Crippen molar-refractivity contribution in [2.45, 2.75) is 88.3 Å². The quantitative estimate of drug-likeness (QED) is 0.361. The topological polar surface area (TPSA) is 292 Å². The monoisotopic (exact) mass is 828 g/mol. The van der Waals surface area contributed by atoms with E-state index in [0.717, 1.165) is 9.13 Å². The van der Waals surface area contributed by atoms with Crippen LogP contribution >= 0.6 is 30.4 Å². The van der Waals surface area contributed by atoms with Crippen molar-refractivity contribution in [3.8, 4) is 0 Å². The van der Waals surface area contributed by atoms with Crippen molar-refractivity contribution in [2.24, 2.45) is 0 Å². The lowest BCUT2D eigenvalue weighted by Gasteiger charge is -2.39. The Bertz CT molecular complexity index is 1970. The number of anilines is 2. The summed E-state index contributed by atoms with van der Waals surface area (Å²) >= 11 is 0. The van der Waals surface area contributed by atoms with E-state index >= 15 is 0 Å². The molecule has 6 fully saturated rings. The Hall–Kier alpha value is -2.16. The van der Waals surface area contributed by atoms with Crippen LogP contribution in [-0.4, -0.2) is 92.3 Å². The Labute approximate surface area is 299 Å². The molecule has 2 aromatic rings. The van der Waals surface area contributed by atoms with Crippen LogP contribution in [0.2, 0.25) is 0 Å². The molecule has 0 spiro atoms. The number of aromatic nitrogens is 4. The number of nitrogens with zero attached hydrogens (tertiary/aromatic N) is 4. The van der Waals surface area contributed by atoms with Gasteiger partial charge in [0.1, 0.15) is 48.3 Å². The van der Waals surface area contributed by atoms with E-state index in [4.69, 9.17) is 61.9 Å². The second-order valence-corrected chi connectivity index (χ2v) is 23.5. The first-order valence-corrected chi connectivity index (χ1v) is 23.1. The molecule has 0 aliphatic carbocycles. The average Bonchev–Trinajstić information content (AvgIpc) is 3.70. The summed E-state index contributed by atoms with van der Waals surface area (Å²) in [5.41, 5.74) is 9.80.